The summed E-state index contributed by atoms with van der Waals surface area (Å²) in [5.74, 6) is -0.560. The fourth-order valence-corrected chi connectivity index (χ4v) is 2.58. The van der Waals surface area contributed by atoms with Crippen molar-refractivity contribution in [3.05, 3.63) is 35.1 Å². The van der Waals surface area contributed by atoms with E-state index in [9.17, 15) is 9.18 Å². The first-order chi connectivity index (χ1) is 8.41. The van der Waals surface area contributed by atoms with Crippen LogP contribution < -0.4 is 0 Å². The summed E-state index contributed by atoms with van der Waals surface area (Å²) in [5, 5.41) is 0. The summed E-state index contributed by atoms with van der Waals surface area (Å²) in [5.41, 5.74) is 0.860. The lowest BCUT2D eigenvalue weighted by Gasteiger charge is -2.38. The molecule has 0 radical (unpaired) electrons. The van der Waals surface area contributed by atoms with E-state index >= 15 is 0 Å². The molecule has 1 aliphatic heterocycles. The Kier molecular flexibility index (Phi) is 3.42. The lowest BCUT2D eigenvalue weighted by molar-refractivity contribution is 0.0578. The summed E-state index contributed by atoms with van der Waals surface area (Å²) in [4.78, 5) is 14.1. The molecule has 0 unspecified atom stereocenters. The molecule has 0 N–H and O–H groups in total. The molecule has 1 saturated heterocycles. The van der Waals surface area contributed by atoms with Gasteiger partial charge < -0.3 is 4.90 Å². The summed E-state index contributed by atoms with van der Waals surface area (Å²) >= 11 is 0. The smallest absolute Gasteiger partial charge is 0.256 e. The number of halogens is 1. The number of hydrogen-bond donors (Lipinski definition) is 0. The van der Waals surface area contributed by atoms with Crippen molar-refractivity contribution < 1.29 is 9.18 Å². The van der Waals surface area contributed by atoms with Gasteiger partial charge in [0.25, 0.3) is 5.91 Å². The van der Waals surface area contributed by atoms with Gasteiger partial charge in [0, 0.05) is 13.1 Å². The van der Waals surface area contributed by atoms with Crippen LogP contribution in [0.15, 0.2) is 18.2 Å². The van der Waals surface area contributed by atoms with E-state index in [1.165, 1.54) is 0 Å². The molecule has 0 aromatic heterocycles. The summed E-state index contributed by atoms with van der Waals surface area (Å²) < 4.78 is 14.0. The highest BCUT2D eigenvalue weighted by molar-refractivity contribution is 5.94. The molecule has 0 atom stereocenters. The maximum atomic E-state index is 14.0. The molecule has 0 aliphatic carbocycles. The topological polar surface area (TPSA) is 20.3 Å². The van der Waals surface area contributed by atoms with E-state index in [2.05, 4.69) is 13.8 Å². The highest BCUT2D eigenvalue weighted by Gasteiger charge is 2.30. The van der Waals surface area contributed by atoms with Gasteiger partial charge in [-0.2, -0.15) is 0 Å². The van der Waals surface area contributed by atoms with Gasteiger partial charge in [0.05, 0.1) is 5.56 Å². The molecule has 98 valence electrons. The zero-order valence-electron chi connectivity index (χ0n) is 11.3. The Morgan fingerprint density at radius 3 is 2.78 bits per heavy atom. The van der Waals surface area contributed by atoms with E-state index in [4.69, 9.17) is 0 Å². The van der Waals surface area contributed by atoms with Crippen LogP contribution in [0.3, 0.4) is 0 Å². The van der Waals surface area contributed by atoms with E-state index in [0.29, 0.717) is 12.1 Å². The third kappa shape index (κ3) is 2.55. The van der Waals surface area contributed by atoms with Crippen molar-refractivity contribution in [1.29, 1.82) is 0 Å². The molecule has 3 heteroatoms. The summed E-state index contributed by atoms with van der Waals surface area (Å²) in [6, 6.07) is 5.00. The van der Waals surface area contributed by atoms with E-state index in [-0.39, 0.29) is 22.7 Å². The van der Waals surface area contributed by atoms with Crippen molar-refractivity contribution in [1.82, 2.24) is 4.90 Å². The van der Waals surface area contributed by atoms with Crippen LogP contribution >= 0.6 is 0 Å². The third-order valence-corrected chi connectivity index (χ3v) is 3.61. The van der Waals surface area contributed by atoms with Gasteiger partial charge in [-0.3, -0.25) is 4.79 Å². The first-order valence-electron chi connectivity index (χ1n) is 6.45. The summed E-state index contributed by atoms with van der Waals surface area (Å²) in [7, 11) is 0. The number of carbonyl (C=O) groups is 1. The average molecular weight is 249 g/mol. The van der Waals surface area contributed by atoms with Gasteiger partial charge in [-0.1, -0.05) is 26.0 Å². The lowest BCUT2D eigenvalue weighted by Crippen LogP contribution is -2.43. The highest BCUT2D eigenvalue weighted by atomic mass is 19.1. The van der Waals surface area contributed by atoms with Crippen LogP contribution in [0.4, 0.5) is 4.39 Å². The average Bonchev–Trinajstić information content (AvgIpc) is 2.30. The second-order valence-electron chi connectivity index (χ2n) is 5.93. The number of carbonyl (C=O) groups excluding carboxylic acids is 1. The van der Waals surface area contributed by atoms with Crippen molar-refractivity contribution in [3.63, 3.8) is 0 Å². The molecular weight excluding hydrogens is 229 g/mol. The summed E-state index contributed by atoms with van der Waals surface area (Å²) in [6.07, 6.45) is 2.11. The number of hydrogen-bond acceptors (Lipinski definition) is 1. The second kappa shape index (κ2) is 4.71. The first-order valence-corrected chi connectivity index (χ1v) is 6.45. The zero-order valence-corrected chi connectivity index (χ0v) is 11.3. The van der Waals surface area contributed by atoms with Crippen LogP contribution in [0, 0.1) is 18.2 Å². The Morgan fingerprint density at radius 1 is 1.39 bits per heavy atom. The van der Waals surface area contributed by atoms with Gasteiger partial charge in [0.15, 0.2) is 0 Å². The van der Waals surface area contributed by atoms with E-state index in [1.807, 2.05) is 0 Å². The van der Waals surface area contributed by atoms with Crippen molar-refractivity contribution in [2.24, 2.45) is 5.41 Å². The number of benzene rings is 1. The minimum absolute atomic E-state index is 0.133. The number of rotatable bonds is 1. The van der Waals surface area contributed by atoms with E-state index in [1.54, 1.807) is 30.0 Å². The molecule has 1 heterocycles. The predicted octanol–water partition coefficient (Wildman–Crippen LogP) is 3.40. The minimum atomic E-state index is -0.383. The number of nitrogens with zero attached hydrogens (tertiary/aromatic N) is 1. The van der Waals surface area contributed by atoms with Gasteiger partial charge in [-0.25, -0.2) is 4.39 Å². The molecule has 1 fully saturated rings. The number of likely N-dealkylation sites (tertiary alicyclic amines) is 1. The zero-order chi connectivity index (χ0) is 13.3. The molecule has 1 aliphatic rings. The second-order valence-corrected chi connectivity index (χ2v) is 5.93. The van der Waals surface area contributed by atoms with Crippen LogP contribution in [0.2, 0.25) is 0 Å². The van der Waals surface area contributed by atoms with Gasteiger partial charge >= 0.3 is 0 Å². The third-order valence-electron chi connectivity index (χ3n) is 3.61. The molecular formula is C15H20FNO. The first kappa shape index (κ1) is 13.1. The molecule has 2 rings (SSSR count). The quantitative estimate of drug-likeness (QED) is 0.747. The van der Waals surface area contributed by atoms with Crippen LogP contribution in [0.5, 0.6) is 0 Å². The lowest BCUT2D eigenvalue weighted by atomic mass is 9.84. The monoisotopic (exact) mass is 249 g/mol. The van der Waals surface area contributed by atoms with Crippen LogP contribution in [0.25, 0.3) is 0 Å². The van der Waals surface area contributed by atoms with Gasteiger partial charge in [0.1, 0.15) is 5.82 Å². The fourth-order valence-electron chi connectivity index (χ4n) is 2.58. The molecule has 0 spiro atoms. The van der Waals surface area contributed by atoms with Crippen LogP contribution in [0.1, 0.15) is 42.6 Å². The Morgan fingerprint density at radius 2 is 2.11 bits per heavy atom. The van der Waals surface area contributed by atoms with Crippen LogP contribution in [-0.4, -0.2) is 23.9 Å². The maximum absolute atomic E-state index is 14.0. The van der Waals surface area contributed by atoms with Gasteiger partial charge in [-0.05, 0) is 36.8 Å². The molecule has 0 saturated carbocycles. The molecule has 18 heavy (non-hydrogen) atoms. The molecule has 2 nitrogen and oxygen atoms in total. The maximum Gasteiger partial charge on any atom is 0.256 e. The van der Waals surface area contributed by atoms with Gasteiger partial charge in [-0.15, -0.1) is 0 Å². The normalized spacial score (nSPS) is 18.8. The highest BCUT2D eigenvalue weighted by Crippen LogP contribution is 2.29. The van der Waals surface area contributed by atoms with Crippen molar-refractivity contribution in [2.45, 2.75) is 33.6 Å². The standard InChI is InChI=1S/C15H20FNO/c1-11-6-4-7-12(13(11)16)14(18)17-9-5-8-15(2,3)10-17/h4,6-7H,5,8-10H2,1-3H3. The largest absolute Gasteiger partial charge is 0.338 e. The molecule has 1 amide bonds. The Hall–Kier alpha value is -1.38. The van der Waals surface area contributed by atoms with E-state index < -0.39 is 0 Å². The van der Waals surface area contributed by atoms with Crippen molar-refractivity contribution in [3.8, 4) is 0 Å². The van der Waals surface area contributed by atoms with Crippen molar-refractivity contribution in [2.75, 3.05) is 13.1 Å². The SMILES string of the molecule is Cc1cccc(C(=O)N2CCCC(C)(C)C2)c1F. The molecule has 0 bridgehead atoms. The molecule has 1 aromatic rings. The van der Waals surface area contributed by atoms with E-state index in [0.717, 1.165) is 19.4 Å². The summed E-state index contributed by atoms with van der Waals surface area (Å²) in [6.45, 7) is 7.43. The number of piperidine rings is 1. The minimum Gasteiger partial charge on any atom is -0.338 e. The van der Waals surface area contributed by atoms with Crippen LogP contribution in [-0.2, 0) is 0 Å². The Bertz CT molecular complexity index is 468. The fraction of sp³-hybridized carbons (Fsp3) is 0.533. The van der Waals surface area contributed by atoms with Crippen molar-refractivity contribution >= 4 is 5.91 Å². The number of aryl methyl sites for hydroxylation is 1. The Balaban J connectivity index is 2.23. The molecule has 1 aromatic carbocycles. The number of amides is 1. The predicted molar refractivity (Wildman–Crippen MR) is 70.1 cm³/mol. The Labute approximate surface area is 108 Å². The van der Waals surface area contributed by atoms with Gasteiger partial charge in [0.2, 0.25) is 0 Å².